The molecule has 2 rings (SSSR count). The first-order valence-electron chi connectivity index (χ1n) is 9.41. The van der Waals surface area contributed by atoms with Crippen LogP contribution in [0.3, 0.4) is 0 Å². The number of ether oxygens (including phenoxy) is 1. The van der Waals surface area contributed by atoms with E-state index in [9.17, 15) is 4.79 Å². The average molecular weight is 473 g/mol. The van der Waals surface area contributed by atoms with E-state index in [2.05, 4.69) is 30.9 Å². The SMILES string of the molecule is CN=C(Br)/C(=C\N)OCC1CCC(=O)N1CCCCCc1nc(C)cc(Cl)n1. The third kappa shape index (κ3) is 6.74. The van der Waals surface area contributed by atoms with Gasteiger partial charge in [-0.15, -0.1) is 0 Å². The van der Waals surface area contributed by atoms with Crippen molar-refractivity contribution in [1.82, 2.24) is 14.9 Å². The topological polar surface area (TPSA) is 93.7 Å². The van der Waals surface area contributed by atoms with Crippen molar-refractivity contribution >= 4 is 38.1 Å². The summed E-state index contributed by atoms with van der Waals surface area (Å²) in [4.78, 5) is 26.8. The Kier molecular flexibility index (Phi) is 9.18. The first-order chi connectivity index (χ1) is 13.4. The van der Waals surface area contributed by atoms with Crippen molar-refractivity contribution in [3.63, 3.8) is 0 Å². The minimum absolute atomic E-state index is 0.0681. The molecule has 0 aliphatic carbocycles. The van der Waals surface area contributed by atoms with Crippen LogP contribution in [0.5, 0.6) is 0 Å². The lowest BCUT2D eigenvalue weighted by Crippen LogP contribution is -2.37. The molecule has 154 valence electrons. The van der Waals surface area contributed by atoms with Gasteiger partial charge in [0.1, 0.15) is 22.2 Å². The van der Waals surface area contributed by atoms with E-state index in [4.69, 9.17) is 22.1 Å². The molecule has 1 amide bonds. The molecule has 1 aromatic heterocycles. The maximum Gasteiger partial charge on any atom is 0.223 e. The van der Waals surface area contributed by atoms with Gasteiger partial charge in [0.25, 0.3) is 0 Å². The Balaban J connectivity index is 1.75. The zero-order chi connectivity index (χ0) is 20.5. The van der Waals surface area contributed by atoms with Crippen LogP contribution in [0, 0.1) is 6.92 Å². The van der Waals surface area contributed by atoms with Gasteiger partial charge < -0.3 is 15.4 Å². The van der Waals surface area contributed by atoms with E-state index in [1.54, 1.807) is 13.1 Å². The van der Waals surface area contributed by atoms with Gasteiger partial charge in [-0.25, -0.2) is 9.97 Å². The summed E-state index contributed by atoms with van der Waals surface area (Å²) in [6.45, 7) is 3.05. The minimum atomic E-state index is 0.0681. The molecule has 9 heteroatoms. The number of hydrogen-bond donors (Lipinski definition) is 1. The number of aliphatic imine (C=N–C) groups is 1. The lowest BCUT2D eigenvalue weighted by molar-refractivity contribution is -0.129. The lowest BCUT2D eigenvalue weighted by atomic mass is 10.1. The van der Waals surface area contributed by atoms with Gasteiger partial charge in [-0.3, -0.25) is 9.79 Å². The molecule has 1 unspecified atom stereocenters. The molecule has 1 aromatic rings. The lowest BCUT2D eigenvalue weighted by Gasteiger charge is -2.25. The zero-order valence-corrected chi connectivity index (χ0v) is 18.7. The molecule has 28 heavy (non-hydrogen) atoms. The molecule has 7 nitrogen and oxygen atoms in total. The number of halogens is 2. The normalized spacial score (nSPS) is 18.1. The third-order valence-electron chi connectivity index (χ3n) is 4.60. The first-order valence-corrected chi connectivity index (χ1v) is 10.6. The molecule has 0 bridgehead atoms. The van der Waals surface area contributed by atoms with Gasteiger partial charge in [-0.1, -0.05) is 18.0 Å². The van der Waals surface area contributed by atoms with Gasteiger partial charge in [0, 0.05) is 38.3 Å². The second-order valence-corrected chi connectivity index (χ2v) is 7.83. The molecular weight excluding hydrogens is 446 g/mol. The van der Waals surface area contributed by atoms with Crippen LogP contribution in [0.25, 0.3) is 0 Å². The fraction of sp³-hybridized carbons (Fsp3) is 0.579. The van der Waals surface area contributed by atoms with Crippen LogP contribution in [0.2, 0.25) is 5.15 Å². The third-order valence-corrected chi connectivity index (χ3v) is 5.54. The van der Waals surface area contributed by atoms with E-state index in [-0.39, 0.29) is 11.9 Å². The standard InChI is InChI=1S/C19H27BrClN5O2/c1-13-10-16(21)25-17(24-13)6-4-3-5-9-26-14(7-8-18(26)27)12-28-15(11-22)19(20)23-2/h10-11,14H,3-9,12,22H2,1-2H3/b15-11+,23-19?. The van der Waals surface area contributed by atoms with Crippen LogP contribution in [0.15, 0.2) is 23.0 Å². The maximum atomic E-state index is 12.2. The van der Waals surface area contributed by atoms with Gasteiger partial charge in [-0.2, -0.15) is 0 Å². The quantitative estimate of drug-likeness (QED) is 0.244. The number of aryl methyl sites for hydroxylation is 2. The molecule has 2 N–H and O–H groups in total. The predicted octanol–water partition coefficient (Wildman–Crippen LogP) is 3.38. The Hall–Kier alpha value is -1.67. The largest absolute Gasteiger partial charge is 0.487 e. The molecule has 1 aliphatic rings. The van der Waals surface area contributed by atoms with Crippen LogP contribution in [-0.2, 0) is 16.0 Å². The number of likely N-dealkylation sites (tertiary alicyclic amines) is 1. The van der Waals surface area contributed by atoms with Crippen molar-refractivity contribution in [1.29, 1.82) is 0 Å². The molecule has 0 saturated carbocycles. The van der Waals surface area contributed by atoms with E-state index >= 15 is 0 Å². The Morgan fingerprint density at radius 2 is 2.25 bits per heavy atom. The van der Waals surface area contributed by atoms with E-state index in [1.165, 1.54) is 6.20 Å². The minimum Gasteiger partial charge on any atom is -0.487 e. The average Bonchev–Trinajstić information content (AvgIpc) is 3.00. The Morgan fingerprint density at radius 3 is 2.93 bits per heavy atom. The molecule has 1 saturated heterocycles. The van der Waals surface area contributed by atoms with Gasteiger partial charge in [0.15, 0.2) is 5.76 Å². The van der Waals surface area contributed by atoms with Gasteiger partial charge in [-0.05, 0) is 48.2 Å². The zero-order valence-electron chi connectivity index (χ0n) is 16.3. The predicted molar refractivity (Wildman–Crippen MR) is 115 cm³/mol. The molecule has 1 atom stereocenters. The fourth-order valence-electron chi connectivity index (χ4n) is 3.19. The number of amides is 1. The number of nitrogens with zero attached hydrogens (tertiary/aromatic N) is 4. The summed E-state index contributed by atoms with van der Waals surface area (Å²) < 4.78 is 6.31. The smallest absolute Gasteiger partial charge is 0.223 e. The van der Waals surface area contributed by atoms with Crippen molar-refractivity contribution in [2.45, 2.75) is 51.5 Å². The molecule has 0 aromatic carbocycles. The van der Waals surface area contributed by atoms with Gasteiger partial charge in [0.05, 0.1) is 6.04 Å². The number of allylic oxidation sites excluding steroid dienone is 1. The van der Waals surface area contributed by atoms with Crippen molar-refractivity contribution < 1.29 is 9.53 Å². The van der Waals surface area contributed by atoms with E-state index in [1.807, 2.05) is 11.8 Å². The number of carbonyl (C=O) groups excluding carboxylic acids is 1. The Labute approximate surface area is 179 Å². The number of nitrogens with two attached hydrogens (primary N) is 1. The van der Waals surface area contributed by atoms with Crippen LogP contribution in [0.1, 0.15) is 43.6 Å². The second kappa shape index (κ2) is 11.4. The summed E-state index contributed by atoms with van der Waals surface area (Å²) in [5, 5.41) is 0.485. The molecule has 0 spiro atoms. The molecule has 0 radical (unpaired) electrons. The van der Waals surface area contributed by atoms with Gasteiger partial charge in [0.2, 0.25) is 5.91 Å². The van der Waals surface area contributed by atoms with E-state index in [0.29, 0.717) is 28.6 Å². The summed E-state index contributed by atoms with van der Waals surface area (Å²) in [6, 6.07) is 1.82. The van der Waals surface area contributed by atoms with E-state index < -0.39 is 0 Å². The highest BCUT2D eigenvalue weighted by atomic mass is 79.9. The highest BCUT2D eigenvalue weighted by Crippen LogP contribution is 2.21. The molecular formula is C19H27BrClN5O2. The number of unbranched alkanes of at least 4 members (excludes halogenated alkanes) is 2. The van der Waals surface area contributed by atoms with Crippen molar-refractivity contribution in [3.8, 4) is 0 Å². The second-order valence-electron chi connectivity index (χ2n) is 6.69. The highest BCUT2D eigenvalue weighted by molar-refractivity contribution is 9.18. The van der Waals surface area contributed by atoms with Crippen molar-refractivity contribution in [2.75, 3.05) is 20.2 Å². The number of carbonyl (C=O) groups is 1. The first kappa shape index (κ1) is 22.6. The molecule has 1 fully saturated rings. The number of hydrogen-bond acceptors (Lipinski definition) is 6. The molecule has 1 aliphatic heterocycles. The summed E-state index contributed by atoms with van der Waals surface area (Å²) >= 11 is 9.28. The molecule has 2 heterocycles. The Bertz CT molecular complexity index is 721. The van der Waals surface area contributed by atoms with Crippen LogP contribution in [-0.4, -0.2) is 51.6 Å². The van der Waals surface area contributed by atoms with Crippen LogP contribution in [0.4, 0.5) is 0 Å². The summed E-state index contributed by atoms with van der Waals surface area (Å²) in [6.07, 6.45) is 6.41. The van der Waals surface area contributed by atoms with Gasteiger partial charge >= 0.3 is 0 Å². The highest BCUT2D eigenvalue weighted by Gasteiger charge is 2.31. The summed E-state index contributed by atoms with van der Waals surface area (Å²) in [5.41, 5.74) is 6.46. The summed E-state index contributed by atoms with van der Waals surface area (Å²) in [5.74, 6) is 1.44. The maximum absolute atomic E-state index is 12.2. The number of aromatic nitrogens is 2. The van der Waals surface area contributed by atoms with Crippen molar-refractivity contribution in [3.05, 3.63) is 34.7 Å². The number of rotatable bonds is 10. The monoisotopic (exact) mass is 471 g/mol. The van der Waals surface area contributed by atoms with Crippen LogP contribution < -0.4 is 5.73 Å². The van der Waals surface area contributed by atoms with Crippen LogP contribution >= 0.6 is 27.5 Å². The van der Waals surface area contributed by atoms with E-state index in [0.717, 1.165) is 50.2 Å². The summed E-state index contributed by atoms with van der Waals surface area (Å²) in [7, 11) is 1.65. The Morgan fingerprint density at radius 1 is 1.46 bits per heavy atom. The fourth-order valence-corrected chi connectivity index (χ4v) is 3.69. The van der Waals surface area contributed by atoms with Crippen molar-refractivity contribution in [2.24, 2.45) is 10.7 Å².